The molecule has 5 heteroatoms. The molecule has 25 heavy (non-hydrogen) atoms. The maximum absolute atomic E-state index is 12.8. The number of rotatable bonds is 4. The van der Waals surface area contributed by atoms with E-state index < -0.39 is 5.85 Å². The maximum Gasteiger partial charge on any atom is 0.341 e. The van der Waals surface area contributed by atoms with E-state index in [1.54, 1.807) is 0 Å². The molecule has 1 aliphatic rings. The predicted molar refractivity (Wildman–Crippen MR) is 101 cm³/mol. The van der Waals surface area contributed by atoms with Crippen LogP contribution in [0.4, 0.5) is 5.69 Å². The third-order valence-electron chi connectivity index (χ3n) is 4.72. The molecule has 0 amide bonds. The Balaban J connectivity index is 2.39. The Morgan fingerprint density at radius 3 is 1.92 bits per heavy atom. The number of cyclic esters (lactones) is 1. The lowest BCUT2D eigenvalue weighted by Crippen LogP contribution is -2.52. The molecule has 2 aromatic rings. The molecule has 0 unspecified atom stereocenters. The highest BCUT2D eigenvalue weighted by Crippen LogP contribution is 2.46. The Hall–Kier alpha value is -2.37. The minimum Gasteiger partial charge on any atom is -0.422 e. The number of hydrogen-bond donors (Lipinski definition) is 0. The zero-order valence-electron chi connectivity index (χ0n) is 15.7. The van der Waals surface area contributed by atoms with Gasteiger partial charge in [-0.25, -0.2) is 4.79 Å². The Morgan fingerprint density at radius 2 is 1.40 bits per heavy atom. The molecule has 0 aromatic heterocycles. The fourth-order valence-electron chi connectivity index (χ4n) is 3.51. The van der Waals surface area contributed by atoms with Crippen LogP contribution in [0.15, 0.2) is 42.5 Å². The van der Waals surface area contributed by atoms with Crippen molar-refractivity contribution in [3.8, 4) is 11.1 Å². The van der Waals surface area contributed by atoms with E-state index in [4.69, 9.17) is 4.74 Å². The molecule has 0 spiro atoms. The summed E-state index contributed by atoms with van der Waals surface area (Å²) < 4.78 is 5.93. The highest BCUT2D eigenvalue weighted by molar-refractivity contribution is 5.99. The second-order valence-electron chi connectivity index (χ2n) is 6.96. The van der Waals surface area contributed by atoms with Crippen molar-refractivity contribution in [2.45, 2.75) is 5.85 Å². The van der Waals surface area contributed by atoms with Gasteiger partial charge in [-0.1, -0.05) is 30.3 Å². The van der Waals surface area contributed by atoms with Gasteiger partial charge in [-0.2, -0.15) is 0 Å². The predicted octanol–water partition coefficient (Wildman–Crippen LogP) is 2.82. The fourth-order valence-corrected chi connectivity index (χ4v) is 3.51. The van der Waals surface area contributed by atoms with Gasteiger partial charge >= 0.3 is 5.97 Å². The van der Waals surface area contributed by atoms with Gasteiger partial charge < -0.3 is 9.64 Å². The number of hydrogen-bond acceptors (Lipinski definition) is 5. The summed E-state index contributed by atoms with van der Waals surface area (Å²) in [5, 5.41) is 0. The average molecular weight is 339 g/mol. The van der Waals surface area contributed by atoms with Gasteiger partial charge in [0.15, 0.2) is 0 Å². The van der Waals surface area contributed by atoms with Crippen molar-refractivity contribution in [2.24, 2.45) is 0 Å². The Labute approximate surface area is 149 Å². The van der Waals surface area contributed by atoms with Crippen LogP contribution in [0.25, 0.3) is 11.1 Å². The van der Waals surface area contributed by atoms with E-state index in [-0.39, 0.29) is 5.97 Å². The molecule has 0 saturated heterocycles. The summed E-state index contributed by atoms with van der Waals surface area (Å²) in [4.78, 5) is 18.6. The van der Waals surface area contributed by atoms with Crippen LogP contribution in [-0.2, 0) is 10.6 Å². The summed E-state index contributed by atoms with van der Waals surface area (Å²) in [5.74, 6) is -1.22. The van der Waals surface area contributed by atoms with E-state index in [1.807, 2.05) is 81.3 Å². The highest BCUT2D eigenvalue weighted by atomic mass is 16.6. The summed E-state index contributed by atoms with van der Waals surface area (Å²) in [6.07, 6.45) is 0. The molecule has 1 heterocycles. The number of ether oxygens (including phenoxy) is 1. The smallest absolute Gasteiger partial charge is 0.341 e. The van der Waals surface area contributed by atoms with Gasteiger partial charge in [0, 0.05) is 25.3 Å². The van der Waals surface area contributed by atoms with Gasteiger partial charge in [0.2, 0.25) is 0 Å². The van der Waals surface area contributed by atoms with Crippen LogP contribution in [-0.4, -0.2) is 58.1 Å². The number of carbonyl (C=O) groups is 1. The standard InChI is InChI=1S/C20H25N3O2/c1-21(2)15-12-16(14-10-8-7-9-11-14)18-17(13-15)19(24)25-20(18,22(3)4)23(5)6/h7-13H,1-6H3. The second-order valence-corrected chi connectivity index (χ2v) is 6.96. The van der Waals surface area contributed by atoms with Crippen molar-refractivity contribution in [1.82, 2.24) is 9.80 Å². The molecule has 1 aliphatic heterocycles. The van der Waals surface area contributed by atoms with Crippen LogP contribution >= 0.6 is 0 Å². The number of nitrogens with zero attached hydrogens (tertiary/aromatic N) is 3. The maximum atomic E-state index is 12.8. The first-order valence-corrected chi connectivity index (χ1v) is 8.28. The van der Waals surface area contributed by atoms with Crippen molar-refractivity contribution in [3.63, 3.8) is 0 Å². The molecule has 0 radical (unpaired) electrons. The summed E-state index contributed by atoms with van der Waals surface area (Å²) in [7, 11) is 11.7. The third-order valence-corrected chi connectivity index (χ3v) is 4.72. The minimum absolute atomic E-state index is 0.293. The quantitative estimate of drug-likeness (QED) is 0.632. The molecule has 0 bridgehead atoms. The van der Waals surface area contributed by atoms with E-state index >= 15 is 0 Å². The lowest BCUT2D eigenvalue weighted by atomic mass is 9.91. The average Bonchev–Trinajstić information content (AvgIpc) is 2.89. The lowest BCUT2D eigenvalue weighted by molar-refractivity contribution is -0.182. The van der Waals surface area contributed by atoms with Crippen LogP contribution in [0.1, 0.15) is 15.9 Å². The van der Waals surface area contributed by atoms with Gasteiger partial charge in [0.05, 0.1) is 5.56 Å². The van der Waals surface area contributed by atoms with Crippen molar-refractivity contribution in [3.05, 3.63) is 53.6 Å². The molecule has 0 N–H and O–H groups in total. The van der Waals surface area contributed by atoms with Crippen LogP contribution in [0.5, 0.6) is 0 Å². The van der Waals surface area contributed by atoms with E-state index in [0.717, 1.165) is 22.4 Å². The summed E-state index contributed by atoms with van der Waals surface area (Å²) in [5.41, 5.74) is 4.56. The summed E-state index contributed by atoms with van der Waals surface area (Å²) in [6, 6.07) is 14.2. The third kappa shape index (κ3) is 2.60. The molecule has 132 valence electrons. The molecule has 3 rings (SSSR count). The Kier molecular flexibility index (Phi) is 4.31. The molecule has 2 aromatic carbocycles. The monoisotopic (exact) mass is 339 g/mol. The zero-order chi connectivity index (χ0) is 18.4. The van der Waals surface area contributed by atoms with E-state index in [9.17, 15) is 4.79 Å². The van der Waals surface area contributed by atoms with Gasteiger partial charge in [-0.3, -0.25) is 9.80 Å². The molecule has 0 aliphatic carbocycles. The Bertz CT molecular complexity index is 790. The summed E-state index contributed by atoms with van der Waals surface area (Å²) >= 11 is 0. The SMILES string of the molecule is CN(C)c1cc2c(c(-c3ccccc3)c1)C(N(C)C)(N(C)C)OC2=O. The molecule has 0 fully saturated rings. The topological polar surface area (TPSA) is 36.0 Å². The molecule has 5 nitrogen and oxygen atoms in total. The molecular formula is C20H25N3O2. The van der Waals surface area contributed by atoms with Crippen molar-refractivity contribution in [1.29, 1.82) is 0 Å². The van der Waals surface area contributed by atoms with E-state index in [2.05, 4.69) is 18.2 Å². The largest absolute Gasteiger partial charge is 0.422 e. The van der Waals surface area contributed by atoms with Crippen LogP contribution in [0, 0.1) is 0 Å². The molecular weight excluding hydrogens is 314 g/mol. The van der Waals surface area contributed by atoms with Gasteiger partial charge in [-0.05, 0) is 51.5 Å². The minimum atomic E-state index is -0.928. The highest BCUT2D eigenvalue weighted by Gasteiger charge is 2.51. The first-order chi connectivity index (χ1) is 11.8. The van der Waals surface area contributed by atoms with Gasteiger partial charge in [0.1, 0.15) is 0 Å². The van der Waals surface area contributed by atoms with Crippen molar-refractivity contribution < 1.29 is 9.53 Å². The van der Waals surface area contributed by atoms with E-state index in [1.165, 1.54) is 0 Å². The summed E-state index contributed by atoms with van der Waals surface area (Å²) in [6.45, 7) is 0. The van der Waals surface area contributed by atoms with Crippen LogP contribution in [0.3, 0.4) is 0 Å². The fraction of sp³-hybridized carbons (Fsp3) is 0.350. The lowest BCUT2D eigenvalue weighted by Gasteiger charge is -2.41. The number of esters is 1. The van der Waals surface area contributed by atoms with Crippen molar-refractivity contribution >= 4 is 11.7 Å². The first kappa shape index (κ1) is 17.5. The van der Waals surface area contributed by atoms with E-state index in [0.29, 0.717) is 5.56 Å². The number of fused-ring (bicyclic) bond motifs is 1. The number of carbonyl (C=O) groups excluding carboxylic acids is 1. The first-order valence-electron chi connectivity index (χ1n) is 8.28. The number of anilines is 1. The van der Waals surface area contributed by atoms with Crippen LogP contribution in [0.2, 0.25) is 0 Å². The Morgan fingerprint density at radius 1 is 0.840 bits per heavy atom. The van der Waals surface area contributed by atoms with Gasteiger partial charge in [0.25, 0.3) is 5.85 Å². The van der Waals surface area contributed by atoms with Crippen molar-refractivity contribution in [2.75, 3.05) is 47.2 Å². The second kappa shape index (κ2) is 6.17. The number of benzene rings is 2. The normalized spacial score (nSPS) is 15.4. The molecule has 0 saturated carbocycles. The van der Waals surface area contributed by atoms with Crippen LogP contribution < -0.4 is 4.90 Å². The zero-order valence-corrected chi connectivity index (χ0v) is 15.7. The molecule has 0 atom stereocenters. The van der Waals surface area contributed by atoms with Gasteiger partial charge in [-0.15, -0.1) is 0 Å².